The molecular formula is C37H65N4O5P. The molecule has 0 aromatic carbocycles. The number of nitrogens with one attached hydrogen (secondary N) is 2. The zero-order valence-electron chi connectivity index (χ0n) is 31.7. The van der Waals surface area contributed by atoms with E-state index in [1.807, 2.05) is 40.2 Å². The predicted molar refractivity (Wildman–Crippen MR) is 189 cm³/mol. The molecule has 2 aliphatic rings. The van der Waals surface area contributed by atoms with Crippen LogP contribution in [0.25, 0.3) is 0 Å². The van der Waals surface area contributed by atoms with Gasteiger partial charge in [0, 0.05) is 13.1 Å². The van der Waals surface area contributed by atoms with Gasteiger partial charge >= 0.3 is 0 Å². The van der Waals surface area contributed by atoms with Gasteiger partial charge in [0.1, 0.15) is 17.8 Å². The van der Waals surface area contributed by atoms with Crippen molar-refractivity contribution in [2.24, 2.45) is 27.6 Å². The Morgan fingerprint density at radius 3 is 1.96 bits per heavy atom. The van der Waals surface area contributed by atoms with Crippen LogP contribution in [0.2, 0.25) is 0 Å². The fourth-order valence-electron chi connectivity index (χ4n) is 9.61. The van der Waals surface area contributed by atoms with Crippen LogP contribution in [-0.4, -0.2) is 53.2 Å². The average Bonchev–Trinajstić information content (AvgIpc) is 2.82. The molecule has 0 heterocycles. The molecule has 0 spiro atoms. The summed E-state index contributed by atoms with van der Waals surface area (Å²) in [7, 11) is 0.0953. The molecule has 2 aliphatic carbocycles. The number of nitriles is 2. The van der Waals surface area contributed by atoms with Crippen LogP contribution in [0, 0.1) is 50.6 Å². The first-order valence-corrected chi connectivity index (χ1v) is 18.4. The first-order chi connectivity index (χ1) is 21.2. The Hall–Kier alpha value is -2.09. The molecule has 0 bridgehead atoms. The third-order valence-corrected chi connectivity index (χ3v) is 11.0. The summed E-state index contributed by atoms with van der Waals surface area (Å²) in [5, 5.41) is 24.2. The van der Waals surface area contributed by atoms with E-state index in [-0.39, 0.29) is 59.2 Å². The highest BCUT2D eigenvalue weighted by atomic mass is 31.1. The molecule has 0 saturated heterocycles. The lowest BCUT2D eigenvalue weighted by molar-refractivity contribution is -0.168. The highest BCUT2D eigenvalue weighted by molar-refractivity contribution is 7.59. The third kappa shape index (κ3) is 13.7. The molecule has 10 heteroatoms. The predicted octanol–water partition coefficient (Wildman–Crippen LogP) is 8.42. The first kappa shape index (κ1) is 41.1. The maximum atomic E-state index is 13.4. The van der Waals surface area contributed by atoms with E-state index in [1.165, 1.54) is 0 Å². The summed E-state index contributed by atoms with van der Waals surface area (Å²) in [4.78, 5) is 26.7. The van der Waals surface area contributed by atoms with Crippen molar-refractivity contribution in [3.8, 4) is 12.5 Å². The van der Waals surface area contributed by atoms with Crippen molar-refractivity contribution in [3.63, 3.8) is 0 Å². The Kier molecular flexibility index (Phi) is 13.3. The number of rotatable bonds is 15. The molecule has 0 aromatic rings. The van der Waals surface area contributed by atoms with Gasteiger partial charge < -0.3 is 24.8 Å². The van der Waals surface area contributed by atoms with Crippen LogP contribution in [0.5, 0.6) is 0 Å². The maximum Gasteiger partial charge on any atom is 0.286 e. The van der Waals surface area contributed by atoms with Crippen LogP contribution in [0.3, 0.4) is 0 Å². The minimum atomic E-state index is -1.04. The quantitative estimate of drug-likeness (QED) is 0.131. The van der Waals surface area contributed by atoms with Crippen LogP contribution in [0.15, 0.2) is 0 Å². The van der Waals surface area contributed by atoms with Crippen molar-refractivity contribution in [1.82, 2.24) is 10.6 Å². The summed E-state index contributed by atoms with van der Waals surface area (Å²) in [6.07, 6.45) is 10.1. The summed E-state index contributed by atoms with van der Waals surface area (Å²) < 4.78 is 17.2. The van der Waals surface area contributed by atoms with Crippen LogP contribution in [0.4, 0.5) is 4.79 Å². The normalized spacial score (nSPS) is 28.6. The maximum absolute atomic E-state index is 13.4. The molecule has 6 atom stereocenters. The van der Waals surface area contributed by atoms with E-state index >= 15 is 0 Å². The molecule has 2 amide bonds. The fourth-order valence-corrected chi connectivity index (χ4v) is 11.0. The number of hydrogen-bond donors (Lipinski definition) is 2. The SMILES string of the molecule is CC1CC(OC#N)CC(C)(CNC(=O)C(C)(C)OC(C)(C)CC(C)(C)CC(C)(C)PC(=O)NCC2(C)CC(OC#N)CC(C)(C)C2)C1. The summed E-state index contributed by atoms with van der Waals surface area (Å²) in [5.41, 5.74) is -1.97. The second-order valence-corrected chi connectivity index (χ2v) is 21.1. The number of carbonyl (C=O) groups is 2. The van der Waals surface area contributed by atoms with E-state index in [0.717, 1.165) is 44.9 Å². The lowest BCUT2D eigenvalue weighted by Crippen LogP contribution is -2.52. The van der Waals surface area contributed by atoms with Crippen molar-refractivity contribution < 1.29 is 23.8 Å². The number of hydrogen-bond acceptors (Lipinski definition) is 7. The topological polar surface area (TPSA) is 133 Å². The van der Waals surface area contributed by atoms with Gasteiger partial charge in [0.05, 0.1) is 5.60 Å². The van der Waals surface area contributed by atoms with Gasteiger partial charge in [0.15, 0.2) is 0 Å². The van der Waals surface area contributed by atoms with Gasteiger partial charge in [-0.2, -0.15) is 10.5 Å². The lowest BCUT2D eigenvalue weighted by Gasteiger charge is -2.45. The molecule has 0 radical (unpaired) electrons. The Labute approximate surface area is 287 Å². The van der Waals surface area contributed by atoms with E-state index in [4.69, 9.17) is 24.7 Å². The van der Waals surface area contributed by atoms with Crippen LogP contribution in [0.1, 0.15) is 141 Å². The molecule has 0 aromatic heterocycles. The molecular weight excluding hydrogens is 611 g/mol. The van der Waals surface area contributed by atoms with Gasteiger partial charge in [-0.05, 0) is 120 Å². The van der Waals surface area contributed by atoms with E-state index in [1.54, 1.807) is 0 Å². The molecule has 2 fully saturated rings. The van der Waals surface area contributed by atoms with Gasteiger partial charge in [-0.25, -0.2) is 0 Å². The molecule has 0 aliphatic heterocycles. The van der Waals surface area contributed by atoms with Crippen LogP contribution in [-0.2, 0) is 19.0 Å². The average molecular weight is 677 g/mol. The van der Waals surface area contributed by atoms with E-state index < -0.39 is 11.2 Å². The van der Waals surface area contributed by atoms with Crippen molar-refractivity contribution in [1.29, 1.82) is 10.5 Å². The van der Waals surface area contributed by atoms with Crippen molar-refractivity contribution in [2.75, 3.05) is 13.1 Å². The van der Waals surface area contributed by atoms with Gasteiger partial charge in [-0.15, -0.1) is 0 Å². The second-order valence-electron chi connectivity index (χ2n) is 19.0. The van der Waals surface area contributed by atoms with Crippen molar-refractivity contribution in [3.05, 3.63) is 0 Å². The summed E-state index contributed by atoms with van der Waals surface area (Å²) in [6.45, 7) is 28.4. The molecule has 2 rings (SSSR count). The first-order valence-electron chi connectivity index (χ1n) is 17.4. The van der Waals surface area contributed by atoms with Gasteiger partial charge in [-0.1, -0.05) is 62.3 Å². The number of nitrogens with zero attached hydrogens (tertiary/aromatic N) is 2. The van der Waals surface area contributed by atoms with Gasteiger partial charge in [0.2, 0.25) is 5.65 Å². The Balaban J connectivity index is 1.93. The molecule has 268 valence electrons. The number of carbonyl (C=O) groups excluding carboxylic acids is 2. The molecule has 2 N–H and O–H groups in total. The summed E-state index contributed by atoms with van der Waals surface area (Å²) in [6, 6.07) is 0. The third-order valence-electron chi connectivity index (χ3n) is 9.78. The minimum absolute atomic E-state index is 0.0405. The van der Waals surface area contributed by atoms with Crippen LogP contribution < -0.4 is 10.6 Å². The fraction of sp³-hybridized carbons (Fsp3) is 0.892. The largest absolute Gasteiger partial charge is 0.424 e. The zero-order valence-corrected chi connectivity index (χ0v) is 32.7. The van der Waals surface area contributed by atoms with Crippen molar-refractivity contribution >= 4 is 20.1 Å². The lowest BCUT2D eigenvalue weighted by atomic mass is 9.63. The van der Waals surface area contributed by atoms with E-state index in [9.17, 15) is 9.59 Å². The van der Waals surface area contributed by atoms with Gasteiger partial charge in [-0.3, -0.25) is 9.59 Å². The monoisotopic (exact) mass is 676 g/mol. The highest BCUT2D eigenvalue weighted by Crippen LogP contribution is 2.48. The second kappa shape index (κ2) is 15.2. The Morgan fingerprint density at radius 2 is 1.36 bits per heavy atom. The molecule has 47 heavy (non-hydrogen) atoms. The van der Waals surface area contributed by atoms with Crippen LogP contribution >= 0.6 is 8.58 Å². The molecule has 6 unspecified atom stereocenters. The Morgan fingerprint density at radius 1 is 0.809 bits per heavy atom. The number of ether oxygens (including phenoxy) is 3. The Bertz CT molecular complexity index is 1190. The number of amides is 2. The summed E-state index contributed by atoms with van der Waals surface area (Å²) >= 11 is 0. The summed E-state index contributed by atoms with van der Waals surface area (Å²) in [5.74, 6) is 0.260. The standard InChI is InChI=1S/C37H65N4O5P/c1-26-14-27(44-24-38)17-36(12,15-26)22-40-29(42)35(10,11)46-33(6,7)19-32(4,5)20-34(8,9)47-30(43)41-23-37(13)18-28(45-25-39)16-31(2,3)21-37/h26-28,47H,14-23H2,1-13H3,(H,40,42)(H,41,43). The highest BCUT2D eigenvalue weighted by Gasteiger charge is 2.44. The smallest absolute Gasteiger partial charge is 0.286 e. The molecule has 9 nitrogen and oxygen atoms in total. The minimum Gasteiger partial charge on any atom is -0.424 e. The van der Waals surface area contributed by atoms with Gasteiger partial charge in [0.25, 0.3) is 18.4 Å². The van der Waals surface area contributed by atoms with E-state index in [0.29, 0.717) is 25.4 Å². The van der Waals surface area contributed by atoms with E-state index in [2.05, 4.69) is 72.9 Å². The zero-order chi connectivity index (χ0) is 36.1. The molecule has 2 saturated carbocycles. The van der Waals surface area contributed by atoms with Crippen molar-refractivity contribution in [2.45, 2.75) is 170 Å².